The Hall–Kier alpha value is -3.27. The van der Waals surface area contributed by atoms with Gasteiger partial charge in [-0.15, -0.1) is 0 Å². The van der Waals surface area contributed by atoms with E-state index in [0.29, 0.717) is 5.90 Å². The molecule has 0 aliphatic heterocycles. The van der Waals surface area contributed by atoms with Crippen LogP contribution in [0, 0.1) is 13.8 Å². The maximum absolute atomic E-state index is 6.32. The predicted molar refractivity (Wildman–Crippen MR) is 154 cm³/mol. The van der Waals surface area contributed by atoms with Gasteiger partial charge < -0.3 is 14.2 Å². The van der Waals surface area contributed by atoms with Crippen LogP contribution in [-0.2, 0) is 14.2 Å². The number of hydrogen-bond acceptors (Lipinski definition) is 4. The number of aryl methyl sites for hydroxylation is 2. The van der Waals surface area contributed by atoms with Gasteiger partial charge >= 0.3 is 0 Å². The summed E-state index contributed by atoms with van der Waals surface area (Å²) in [5.41, 5.74) is 4.09. The molecular formula is C32H45NO3. The van der Waals surface area contributed by atoms with Gasteiger partial charge in [-0.25, -0.2) is 4.99 Å². The van der Waals surface area contributed by atoms with Crippen LogP contribution < -0.4 is 0 Å². The van der Waals surface area contributed by atoms with Crippen molar-refractivity contribution in [1.29, 1.82) is 0 Å². The molecule has 1 aliphatic carbocycles. The molecule has 0 amide bonds. The van der Waals surface area contributed by atoms with Crippen LogP contribution in [0.4, 0.5) is 5.69 Å². The number of unbranched alkanes of at least 4 members (excludes halogenated alkanes) is 1. The first kappa shape index (κ1) is 30.8. The highest BCUT2D eigenvalue weighted by Gasteiger charge is 2.10. The van der Waals surface area contributed by atoms with Gasteiger partial charge in [-0.3, -0.25) is 0 Å². The monoisotopic (exact) mass is 491 g/mol. The van der Waals surface area contributed by atoms with Crippen LogP contribution in [0.5, 0.6) is 0 Å². The molecule has 0 spiro atoms. The lowest BCUT2D eigenvalue weighted by Gasteiger charge is -2.13. The van der Waals surface area contributed by atoms with Gasteiger partial charge in [0.15, 0.2) is 0 Å². The second-order valence-corrected chi connectivity index (χ2v) is 8.26. The quantitative estimate of drug-likeness (QED) is 0.141. The number of rotatable bonds is 10. The van der Waals surface area contributed by atoms with E-state index in [1.165, 1.54) is 11.1 Å². The SMILES string of the molecule is CC.CC/C=C\C(=C/CCC)OC(=Nc1ccc(C)c(C)c1)C(C)=CO/C1=C/C=C(OC)\C=C/CC1. The number of benzene rings is 1. The highest BCUT2D eigenvalue weighted by molar-refractivity contribution is 5.95. The van der Waals surface area contributed by atoms with Gasteiger partial charge in [0.05, 0.1) is 19.1 Å². The summed E-state index contributed by atoms with van der Waals surface area (Å²) in [5.74, 6) is 2.97. The van der Waals surface area contributed by atoms with Crippen molar-refractivity contribution in [2.75, 3.05) is 7.11 Å². The Morgan fingerprint density at radius 3 is 2.53 bits per heavy atom. The molecule has 0 saturated carbocycles. The van der Waals surface area contributed by atoms with Crippen molar-refractivity contribution in [2.24, 2.45) is 4.99 Å². The third kappa shape index (κ3) is 11.4. The molecule has 4 nitrogen and oxygen atoms in total. The van der Waals surface area contributed by atoms with E-state index in [-0.39, 0.29) is 0 Å². The minimum atomic E-state index is 0.519. The van der Waals surface area contributed by atoms with E-state index >= 15 is 0 Å². The molecule has 0 unspecified atom stereocenters. The normalized spacial score (nSPS) is 18.6. The summed E-state index contributed by atoms with van der Waals surface area (Å²) in [4.78, 5) is 4.85. The number of hydrogen-bond donors (Lipinski definition) is 0. The molecule has 0 radical (unpaired) electrons. The molecule has 0 aromatic heterocycles. The Bertz CT molecular complexity index is 1020. The van der Waals surface area contributed by atoms with Gasteiger partial charge in [0.1, 0.15) is 17.3 Å². The van der Waals surface area contributed by atoms with Crippen LogP contribution in [0.15, 0.2) is 94.8 Å². The fourth-order valence-electron chi connectivity index (χ4n) is 3.07. The topological polar surface area (TPSA) is 40.0 Å². The van der Waals surface area contributed by atoms with Crippen LogP contribution in [0.25, 0.3) is 0 Å². The smallest absolute Gasteiger partial charge is 0.225 e. The van der Waals surface area contributed by atoms with E-state index < -0.39 is 0 Å². The molecule has 0 saturated heterocycles. The molecule has 196 valence electrons. The van der Waals surface area contributed by atoms with Crippen molar-refractivity contribution in [2.45, 2.75) is 80.6 Å². The average molecular weight is 492 g/mol. The van der Waals surface area contributed by atoms with Crippen molar-refractivity contribution in [3.8, 4) is 0 Å². The number of ether oxygens (including phenoxy) is 3. The molecule has 2 rings (SSSR count). The maximum atomic E-state index is 6.32. The highest BCUT2D eigenvalue weighted by Crippen LogP contribution is 2.21. The van der Waals surface area contributed by atoms with Crippen molar-refractivity contribution in [1.82, 2.24) is 0 Å². The zero-order chi connectivity index (χ0) is 26.8. The predicted octanol–water partition coefficient (Wildman–Crippen LogP) is 9.71. The van der Waals surface area contributed by atoms with Crippen molar-refractivity contribution >= 4 is 11.6 Å². The van der Waals surface area contributed by atoms with Gasteiger partial charge in [0, 0.05) is 12.0 Å². The summed E-state index contributed by atoms with van der Waals surface area (Å²) in [6, 6.07) is 6.17. The average Bonchev–Trinajstić information content (AvgIpc) is 2.88. The number of nitrogens with zero attached hydrogens (tertiary/aromatic N) is 1. The standard InChI is InChI=1S/C30H39NO3.C2H6/c1-7-9-13-29(14-10-8-2)34-30(31-26-18-17-23(3)24(4)21-26)25(5)22-33-28-16-12-11-15-27(32-6)19-20-28;1-2/h9,11,13-15,17-22H,7-8,10,12,16H2,1-6H3;1-2H3/b13-9-,15-11-,25-22?,27-19+,28-20+,29-14+,31-30?;. The fourth-order valence-corrected chi connectivity index (χ4v) is 3.07. The Balaban J connectivity index is 0.00000316. The Morgan fingerprint density at radius 1 is 1.08 bits per heavy atom. The summed E-state index contributed by atoms with van der Waals surface area (Å²) >= 11 is 0. The van der Waals surface area contributed by atoms with Gasteiger partial charge in [0.25, 0.3) is 0 Å². The molecule has 0 heterocycles. The van der Waals surface area contributed by atoms with Gasteiger partial charge in [-0.05, 0) is 93.7 Å². The lowest BCUT2D eigenvalue weighted by molar-refractivity contribution is 0.304. The minimum absolute atomic E-state index is 0.519. The fraction of sp³-hybridized carbons (Fsp3) is 0.406. The van der Waals surface area contributed by atoms with Gasteiger partial charge in [-0.2, -0.15) is 0 Å². The Kier molecular flexibility index (Phi) is 15.4. The van der Waals surface area contributed by atoms with Crippen molar-refractivity contribution in [3.05, 3.63) is 101 Å². The van der Waals surface area contributed by atoms with E-state index in [9.17, 15) is 0 Å². The molecule has 1 aliphatic rings. The third-order valence-corrected chi connectivity index (χ3v) is 5.32. The van der Waals surface area contributed by atoms with E-state index in [0.717, 1.165) is 60.6 Å². The first-order valence-corrected chi connectivity index (χ1v) is 13.1. The zero-order valence-electron chi connectivity index (χ0n) is 23.6. The maximum Gasteiger partial charge on any atom is 0.225 e. The summed E-state index contributed by atoms with van der Waals surface area (Å²) in [6.45, 7) is 14.4. The Morgan fingerprint density at radius 2 is 1.86 bits per heavy atom. The van der Waals surface area contributed by atoms with E-state index in [2.05, 4.69) is 58.1 Å². The largest absolute Gasteiger partial charge is 0.497 e. The number of allylic oxidation sites excluding steroid dienone is 8. The molecule has 1 aromatic rings. The van der Waals surface area contributed by atoms with E-state index in [1.54, 1.807) is 13.4 Å². The second-order valence-electron chi connectivity index (χ2n) is 8.26. The number of aliphatic imine (C=N–C) groups is 1. The summed E-state index contributed by atoms with van der Waals surface area (Å²) in [5, 5.41) is 0. The van der Waals surface area contributed by atoms with E-state index in [1.807, 2.05) is 51.1 Å². The van der Waals surface area contributed by atoms with Crippen LogP contribution in [0.3, 0.4) is 0 Å². The first-order chi connectivity index (χ1) is 17.5. The molecule has 0 N–H and O–H groups in total. The van der Waals surface area contributed by atoms with Crippen LogP contribution in [0.1, 0.15) is 77.8 Å². The van der Waals surface area contributed by atoms with Crippen molar-refractivity contribution < 1.29 is 14.2 Å². The first-order valence-electron chi connectivity index (χ1n) is 13.1. The lowest BCUT2D eigenvalue weighted by Crippen LogP contribution is -2.07. The second kappa shape index (κ2) is 18.1. The van der Waals surface area contributed by atoms with Crippen LogP contribution in [-0.4, -0.2) is 13.0 Å². The summed E-state index contributed by atoms with van der Waals surface area (Å²) in [7, 11) is 1.67. The molecule has 0 fully saturated rings. The zero-order valence-corrected chi connectivity index (χ0v) is 23.6. The third-order valence-electron chi connectivity index (χ3n) is 5.32. The van der Waals surface area contributed by atoms with Crippen LogP contribution in [0.2, 0.25) is 0 Å². The molecule has 36 heavy (non-hydrogen) atoms. The molecular weight excluding hydrogens is 446 g/mol. The molecule has 0 atom stereocenters. The van der Waals surface area contributed by atoms with Gasteiger partial charge in [0.2, 0.25) is 5.90 Å². The van der Waals surface area contributed by atoms with Gasteiger partial charge in [-0.1, -0.05) is 52.3 Å². The molecule has 4 heteroatoms. The lowest BCUT2D eigenvalue weighted by atomic mass is 10.1. The summed E-state index contributed by atoms with van der Waals surface area (Å²) in [6.07, 6.45) is 20.5. The summed E-state index contributed by atoms with van der Waals surface area (Å²) < 4.78 is 17.7. The minimum Gasteiger partial charge on any atom is -0.497 e. The number of methoxy groups -OCH3 is 1. The molecule has 0 bridgehead atoms. The molecule has 1 aromatic carbocycles. The van der Waals surface area contributed by atoms with Crippen LogP contribution >= 0.6 is 0 Å². The van der Waals surface area contributed by atoms with E-state index in [4.69, 9.17) is 19.2 Å². The Labute approximate surface area is 219 Å². The highest BCUT2D eigenvalue weighted by atomic mass is 16.5. The van der Waals surface area contributed by atoms with Crippen molar-refractivity contribution in [3.63, 3.8) is 0 Å².